The smallest absolute Gasteiger partial charge is 0.238 e. The lowest BCUT2D eigenvalue weighted by Crippen LogP contribution is -2.40. The fourth-order valence-corrected chi connectivity index (χ4v) is 3.64. The van der Waals surface area contributed by atoms with Crippen molar-refractivity contribution in [2.45, 2.75) is 32.1 Å². The molecule has 4 rings (SSSR count). The monoisotopic (exact) mass is 388 g/mol. The summed E-state index contributed by atoms with van der Waals surface area (Å²) < 4.78 is 5.88. The fraction of sp³-hybridized carbons (Fsp3) is 0.304. The van der Waals surface area contributed by atoms with Gasteiger partial charge in [0.25, 0.3) is 0 Å². The van der Waals surface area contributed by atoms with Crippen molar-refractivity contribution < 1.29 is 9.53 Å². The van der Waals surface area contributed by atoms with Crippen LogP contribution in [0.3, 0.4) is 0 Å². The lowest BCUT2D eigenvalue weighted by Gasteiger charge is -2.32. The van der Waals surface area contributed by atoms with Crippen molar-refractivity contribution >= 4 is 5.91 Å². The molecule has 2 aromatic heterocycles. The second-order valence-electron chi connectivity index (χ2n) is 7.42. The second-order valence-corrected chi connectivity index (χ2v) is 7.42. The molecular formula is C23H24N4O2. The van der Waals surface area contributed by atoms with Crippen LogP contribution in [0.4, 0.5) is 0 Å². The van der Waals surface area contributed by atoms with E-state index < -0.39 is 0 Å². The van der Waals surface area contributed by atoms with Gasteiger partial charge in [-0.3, -0.25) is 14.8 Å². The predicted octanol–water partition coefficient (Wildman–Crippen LogP) is 3.92. The zero-order valence-corrected chi connectivity index (χ0v) is 16.5. The first-order chi connectivity index (χ1) is 14.2. The number of benzene rings is 1. The van der Waals surface area contributed by atoms with Crippen LogP contribution in [0.1, 0.15) is 35.6 Å². The lowest BCUT2D eigenvalue weighted by molar-refractivity contribution is -0.131. The molecule has 1 aromatic carbocycles. The molecule has 1 aliphatic rings. The lowest BCUT2D eigenvalue weighted by atomic mass is 9.94. The van der Waals surface area contributed by atoms with E-state index >= 15 is 0 Å². The van der Waals surface area contributed by atoms with Gasteiger partial charge in [0.1, 0.15) is 5.75 Å². The molecule has 6 nitrogen and oxygen atoms in total. The minimum absolute atomic E-state index is 0.128. The zero-order valence-electron chi connectivity index (χ0n) is 16.5. The van der Waals surface area contributed by atoms with E-state index in [-0.39, 0.29) is 11.8 Å². The highest BCUT2D eigenvalue weighted by Crippen LogP contribution is 2.28. The second kappa shape index (κ2) is 8.82. The molecule has 0 saturated carbocycles. The molecule has 0 radical (unpaired) electrons. The number of pyridine rings is 1. The Kier molecular flexibility index (Phi) is 5.79. The minimum atomic E-state index is 0.128. The van der Waals surface area contributed by atoms with Gasteiger partial charge in [-0.2, -0.15) is 0 Å². The van der Waals surface area contributed by atoms with Gasteiger partial charge in [-0.1, -0.05) is 18.2 Å². The molecule has 1 atom stereocenters. The molecule has 29 heavy (non-hydrogen) atoms. The number of rotatable bonds is 5. The topological polar surface area (TPSA) is 68.2 Å². The minimum Gasteiger partial charge on any atom is -0.437 e. The van der Waals surface area contributed by atoms with Crippen LogP contribution >= 0.6 is 0 Å². The van der Waals surface area contributed by atoms with E-state index in [0.29, 0.717) is 18.8 Å². The Hall–Kier alpha value is -3.28. The van der Waals surface area contributed by atoms with Crippen LogP contribution in [0.2, 0.25) is 0 Å². The van der Waals surface area contributed by atoms with Gasteiger partial charge >= 0.3 is 0 Å². The number of piperidine rings is 1. The number of aromatic nitrogens is 3. The maximum atomic E-state index is 12.7. The largest absolute Gasteiger partial charge is 0.437 e. The van der Waals surface area contributed by atoms with E-state index in [1.165, 1.54) is 0 Å². The molecule has 3 aromatic rings. The van der Waals surface area contributed by atoms with Crippen molar-refractivity contribution in [1.82, 2.24) is 19.9 Å². The highest BCUT2D eigenvalue weighted by atomic mass is 16.5. The summed E-state index contributed by atoms with van der Waals surface area (Å²) in [7, 11) is 0. The molecule has 0 aliphatic carbocycles. The molecule has 0 spiro atoms. The van der Waals surface area contributed by atoms with Crippen LogP contribution in [0, 0.1) is 6.92 Å². The number of amides is 1. The summed E-state index contributed by atoms with van der Waals surface area (Å²) in [4.78, 5) is 27.7. The molecule has 3 heterocycles. The third-order valence-corrected chi connectivity index (χ3v) is 5.11. The van der Waals surface area contributed by atoms with Gasteiger partial charge in [-0.05, 0) is 49.1 Å². The van der Waals surface area contributed by atoms with Crippen molar-refractivity contribution in [3.63, 3.8) is 0 Å². The Bertz CT molecular complexity index is 977. The van der Waals surface area contributed by atoms with Crippen molar-refractivity contribution in [1.29, 1.82) is 0 Å². The van der Waals surface area contributed by atoms with E-state index in [1.54, 1.807) is 24.8 Å². The van der Waals surface area contributed by atoms with Crippen molar-refractivity contribution in [2.75, 3.05) is 13.1 Å². The van der Waals surface area contributed by atoms with Gasteiger partial charge in [-0.15, -0.1) is 0 Å². The molecular weight excluding hydrogens is 364 g/mol. The Morgan fingerprint density at radius 3 is 2.93 bits per heavy atom. The van der Waals surface area contributed by atoms with E-state index in [1.807, 2.05) is 48.2 Å². The van der Waals surface area contributed by atoms with E-state index in [0.717, 1.165) is 42.0 Å². The Labute approximate surface area is 170 Å². The van der Waals surface area contributed by atoms with E-state index in [4.69, 9.17) is 4.74 Å². The first kappa shape index (κ1) is 19.1. The standard InChI is InChI=1S/C23H24N4O2/c1-17-5-2-8-20(11-17)29-22-15-25-14-21(26-22)19-7-4-10-27(16-19)23(28)12-18-6-3-9-24-13-18/h2-3,5-6,8-9,11,13-15,19H,4,7,10,12,16H2,1H3/t19-/m0/s1. The average Bonchev–Trinajstić information content (AvgIpc) is 2.75. The van der Waals surface area contributed by atoms with Gasteiger partial charge in [0, 0.05) is 37.6 Å². The Morgan fingerprint density at radius 2 is 2.10 bits per heavy atom. The number of ether oxygens (including phenoxy) is 1. The third kappa shape index (κ3) is 4.96. The number of likely N-dealkylation sites (tertiary alicyclic amines) is 1. The molecule has 1 saturated heterocycles. The number of carbonyl (C=O) groups is 1. The summed E-state index contributed by atoms with van der Waals surface area (Å²) in [5.74, 6) is 1.51. The van der Waals surface area contributed by atoms with Gasteiger partial charge in [0.15, 0.2) is 0 Å². The Balaban J connectivity index is 1.43. The molecule has 1 aliphatic heterocycles. The molecule has 0 unspecified atom stereocenters. The van der Waals surface area contributed by atoms with E-state index in [2.05, 4.69) is 15.0 Å². The quantitative estimate of drug-likeness (QED) is 0.663. The summed E-state index contributed by atoms with van der Waals surface area (Å²) in [6.07, 6.45) is 9.19. The summed E-state index contributed by atoms with van der Waals surface area (Å²) in [6.45, 7) is 3.46. The summed E-state index contributed by atoms with van der Waals surface area (Å²) >= 11 is 0. The van der Waals surface area contributed by atoms with Crippen molar-refractivity contribution in [3.05, 3.63) is 78.0 Å². The van der Waals surface area contributed by atoms with Crippen LogP contribution in [0.25, 0.3) is 0 Å². The molecule has 148 valence electrons. The first-order valence-corrected chi connectivity index (χ1v) is 9.90. The molecule has 1 amide bonds. The van der Waals surface area contributed by atoms with Crippen LogP contribution in [-0.4, -0.2) is 38.8 Å². The SMILES string of the molecule is Cc1cccc(Oc2cncc([C@H]3CCCN(C(=O)Cc4cccnc4)C3)n2)c1. The van der Waals surface area contributed by atoms with Crippen LogP contribution in [-0.2, 0) is 11.2 Å². The van der Waals surface area contributed by atoms with Crippen molar-refractivity contribution in [3.8, 4) is 11.6 Å². The molecule has 6 heteroatoms. The number of carbonyl (C=O) groups excluding carboxylic acids is 1. The normalized spacial score (nSPS) is 16.4. The maximum Gasteiger partial charge on any atom is 0.238 e. The van der Waals surface area contributed by atoms with Gasteiger partial charge in [0.05, 0.1) is 18.3 Å². The van der Waals surface area contributed by atoms with Crippen LogP contribution < -0.4 is 4.74 Å². The summed E-state index contributed by atoms with van der Waals surface area (Å²) in [5, 5.41) is 0. The number of nitrogens with zero attached hydrogens (tertiary/aromatic N) is 4. The number of hydrogen-bond donors (Lipinski definition) is 0. The van der Waals surface area contributed by atoms with E-state index in [9.17, 15) is 4.79 Å². The zero-order chi connectivity index (χ0) is 20.1. The molecule has 1 fully saturated rings. The van der Waals surface area contributed by atoms with Gasteiger partial charge < -0.3 is 9.64 Å². The number of hydrogen-bond acceptors (Lipinski definition) is 5. The van der Waals surface area contributed by atoms with Gasteiger partial charge in [0.2, 0.25) is 11.8 Å². The Morgan fingerprint density at radius 1 is 1.17 bits per heavy atom. The fourth-order valence-electron chi connectivity index (χ4n) is 3.64. The van der Waals surface area contributed by atoms with Gasteiger partial charge in [-0.25, -0.2) is 4.98 Å². The highest BCUT2D eigenvalue weighted by molar-refractivity contribution is 5.78. The maximum absolute atomic E-state index is 12.7. The van der Waals surface area contributed by atoms with Crippen LogP contribution in [0.15, 0.2) is 61.2 Å². The number of aryl methyl sites for hydroxylation is 1. The highest BCUT2D eigenvalue weighted by Gasteiger charge is 2.26. The summed E-state index contributed by atoms with van der Waals surface area (Å²) in [5.41, 5.74) is 2.93. The third-order valence-electron chi connectivity index (χ3n) is 5.11. The average molecular weight is 388 g/mol. The van der Waals surface area contributed by atoms with Crippen LogP contribution in [0.5, 0.6) is 11.6 Å². The van der Waals surface area contributed by atoms with Crippen molar-refractivity contribution in [2.24, 2.45) is 0 Å². The first-order valence-electron chi connectivity index (χ1n) is 9.90. The summed E-state index contributed by atoms with van der Waals surface area (Å²) in [6, 6.07) is 11.6. The molecule has 0 bridgehead atoms. The predicted molar refractivity (Wildman–Crippen MR) is 110 cm³/mol. The molecule has 0 N–H and O–H groups in total.